The molecule has 0 fully saturated rings. The van der Waals surface area contributed by atoms with Crippen LogP contribution < -0.4 is 10.1 Å². The lowest BCUT2D eigenvalue weighted by atomic mass is 10.2. The van der Waals surface area contributed by atoms with Crippen molar-refractivity contribution in [3.05, 3.63) is 45.9 Å². The zero-order valence-corrected chi connectivity index (χ0v) is 14.1. The minimum absolute atomic E-state index is 0.0738. The lowest BCUT2D eigenvalue weighted by Gasteiger charge is -2.20. The number of carbonyl (C=O) groups excluding carboxylic acids is 1. The van der Waals surface area contributed by atoms with Gasteiger partial charge >= 0.3 is 6.03 Å². The summed E-state index contributed by atoms with van der Waals surface area (Å²) in [6.07, 6.45) is 2.09. The predicted octanol–water partition coefficient (Wildman–Crippen LogP) is 3.20. The van der Waals surface area contributed by atoms with Gasteiger partial charge in [-0.05, 0) is 18.9 Å². The summed E-state index contributed by atoms with van der Waals surface area (Å²) in [7, 11) is 0. The van der Waals surface area contributed by atoms with Crippen molar-refractivity contribution < 1.29 is 9.53 Å². The van der Waals surface area contributed by atoms with E-state index in [0.29, 0.717) is 26.2 Å². The lowest BCUT2D eigenvalue weighted by Crippen LogP contribution is -2.40. The molecule has 0 bridgehead atoms. The Balaban J connectivity index is 1.57. The van der Waals surface area contributed by atoms with Crippen molar-refractivity contribution in [3.63, 3.8) is 0 Å². The molecule has 2 amide bonds. The maximum Gasteiger partial charge on any atom is 0.318 e. The van der Waals surface area contributed by atoms with Gasteiger partial charge in [-0.2, -0.15) is 0 Å². The molecular formula is C17H21N3O2S. The topological polar surface area (TPSA) is 54.5 Å². The molecule has 0 aliphatic carbocycles. The quantitative estimate of drug-likeness (QED) is 0.936. The van der Waals surface area contributed by atoms with E-state index in [9.17, 15) is 4.79 Å². The number of nitrogens with one attached hydrogen (secondary N) is 1. The second-order valence-corrected chi connectivity index (χ2v) is 6.46. The molecule has 1 aliphatic rings. The Morgan fingerprint density at radius 2 is 2.30 bits per heavy atom. The molecule has 2 heterocycles. The number of fused-ring (bicyclic) bond motifs is 1. The summed E-state index contributed by atoms with van der Waals surface area (Å²) in [5.41, 5.74) is 1.97. The van der Waals surface area contributed by atoms with Gasteiger partial charge in [0.2, 0.25) is 0 Å². The van der Waals surface area contributed by atoms with E-state index in [1.54, 1.807) is 16.2 Å². The third-order valence-corrected chi connectivity index (χ3v) is 4.68. The van der Waals surface area contributed by atoms with Gasteiger partial charge in [-0.15, -0.1) is 11.3 Å². The molecule has 0 saturated carbocycles. The first-order valence-electron chi connectivity index (χ1n) is 7.93. The van der Waals surface area contributed by atoms with Crippen LogP contribution >= 0.6 is 11.3 Å². The fourth-order valence-corrected chi connectivity index (χ4v) is 3.44. The summed E-state index contributed by atoms with van der Waals surface area (Å²) in [6.45, 7) is 4.28. The number of nitrogens with zero attached hydrogens (tertiary/aromatic N) is 2. The minimum Gasteiger partial charge on any atom is -0.491 e. The van der Waals surface area contributed by atoms with Crippen molar-refractivity contribution in [2.45, 2.75) is 32.9 Å². The Morgan fingerprint density at radius 3 is 3.17 bits per heavy atom. The smallest absolute Gasteiger partial charge is 0.318 e. The van der Waals surface area contributed by atoms with Gasteiger partial charge in [0.05, 0.1) is 30.3 Å². The second kappa shape index (κ2) is 7.46. The summed E-state index contributed by atoms with van der Waals surface area (Å²) in [4.78, 5) is 18.7. The molecule has 0 atom stereocenters. The maximum atomic E-state index is 12.4. The highest BCUT2D eigenvalue weighted by Gasteiger charge is 2.19. The van der Waals surface area contributed by atoms with Gasteiger partial charge < -0.3 is 15.0 Å². The van der Waals surface area contributed by atoms with E-state index in [1.807, 2.05) is 29.6 Å². The molecule has 1 aliphatic heterocycles. The van der Waals surface area contributed by atoms with Crippen molar-refractivity contribution in [3.8, 4) is 5.75 Å². The van der Waals surface area contributed by atoms with Gasteiger partial charge in [0.1, 0.15) is 12.4 Å². The molecule has 3 rings (SSSR count). The first kappa shape index (κ1) is 15.8. The van der Waals surface area contributed by atoms with Gasteiger partial charge in [0.15, 0.2) is 0 Å². The monoisotopic (exact) mass is 331 g/mol. The number of hydrogen-bond acceptors (Lipinski definition) is 4. The predicted molar refractivity (Wildman–Crippen MR) is 90.7 cm³/mol. The van der Waals surface area contributed by atoms with E-state index in [4.69, 9.17) is 4.74 Å². The molecule has 2 aromatic rings. The van der Waals surface area contributed by atoms with Gasteiger partial charge in [-0.3, -0.25) is 0 Å². The second-order valence-electron chi connectivity index (χ2n) is 5.52. The summed E-state index contributed by atoms with van der Waals surface area (Å²) < 4.78 is 5.69. The molecule has 0 spiro atoms. The van der Waals surface area contributed by atoms with Crippen LogP contribution in [0.15, 0.2) is 29.6 Å². The molecule has 122 valence electrons. The van der Waals surface area contributed by atoms with Crippen molar-refractivity contribution >= 4 is 17.4 Å². The Hall–Kier alpha value is -2.08. The molecule has 1 aromatic carbocycles. The molecule has 0 saturated heterocycles. The number of urea groups is 1. The number of aryl methyl sites for hydroxylation is 1. The van der Waals surface area contributed by atoms with Crippen LogP contribution in [0.25, 0.3) is 0 Å². The molecular weight excluding hydrogens is 310 g/mol. The highest BCUT2D eigenvalue weighted by atomic mass is 32.1. The fourth-order valence-electron chi connectivity index (χ4n) is 2.54. The molecule has 0 unspecified atom stereocenters. The third kappa shape index (κ3) is 4.01. The number of ether oxygens (including phenoxy) is 1. The van der Waals surface area contributed by atoms with E-state index in [2.05, 4.69) is 17.2 Å². The molecule has 6 heteroatoms. The zero-order chi connectivity index (χ0) is 16.1. The van der Waals surface area contributed by atoms with Gasteiger partial charge in [-0.1, -0.05) is 25.1 Å². The van der Waals surface area contributed by atoms with E-state index >= 15 is 0 Å². The van der Waals surface area contributed by atoms with E-state index < -0.39 is 0 Å². The van der Waals surface area contributed by atoms with Gasteiger partial charge in [0.25, 0.3) is 0 Å². The number of aromatic nitrogens is 1. The Morgan fingerprint density at radius 1 is 1.43 bits per heavy atom. The minimum atomic E-state index is -0.0738. The van der Waals surface area contributed by atoms with Crippen LogP contribution in [0.4, 0.5) is 4.79 Å². The van der Waals surface area contributed by atoms with Crippen molar-refractivity contribution in [2.75, 3.05) is 13.2 Å². The number of carbonyl (C=O) groups is 1. The average molecular weight is 331 g/mol. The third-order valence-electron chi connectivity index (χ3n) is 3.72. The van der Waals surface area contributed by atoms with Crippen LogP contribution in [0, 0.1) is 0 Å². The van der Waals surface area contributed by atoms with Crippen LogP contribution in [0.3, 0.4) is 0 Å². The summed E-state index contributed by atoms with van der Waals surface area (Å²) >= 11 is 1.66. The Kier molecular flexibility index (Phi) is 5.12. The first-order valence-corrected chi connectivity index (χ1v) is 8.81. The van der Waals surface area contributed by atoms with E-state index in [1.165, 1.54) is 0 Å². The summed E-state index contributed by atoms with van der Waals surface area (Å²) in [6, 6.07) is 7.79. The number of thiazole rings is 1. The molecule has 0 radical (unpaired) electrons. The first-order chi connectivity index (χ1) is 11.3. The van der Waals surface area contributed by atoms with Gasteiger partial charge in [-0.25, -0.2) is 9.78 Å². The fraction of sp³-hybridized carbons (Fsp3) is 0.412. The molecule has 5 nitrogen and oxygen atoms in total. The SMILES string of the molecule is CCCc1nc(CNC(=O)N2CCOc3ccccc3C2)cs1. The van der Waals surface area contributed by atoms with Gasteiger partial charge in [0, 0.05) is 10.9 Å². The van der Waals surface area contributed by atoms with Crippen LogP contribution in [0.1, 0.15) is 29.6 Å². The summed E-state index contributed by atoms with van der Waals surface area (Å²) in [5.74, 6) is 0.867. The van der Waals surface area contributed by atoms with Crippen molar-refractivity contribution in [1.82, 2.24) is 15.2 Å². The lowest BCUT2D eigenvalue weighted by molar-refractivity contribution is 0.187. The maximum absolute atomic E-state index is 12.4. The van der Waals surface area contributed by atoms with E-state index in [0.717, 1.165) is 34.9 Å². The Labute approximate surface area is 140 Å². The number of rotatable bonds is 4. The van der Waals surface area contributed by atoms with Crippen LogP contribution in [-0.4, -0.2) is 29.1 Å². The zero-order valence-electron chi connectivity index (χ0n) is 13.2. The van der Waals surface area contributed by atoms with Crippen molar-refractivity contribution in [2.24, 2.45) is 0 Å². The average Bonchev–Trinajstić information content (AvgIpc) is 2.89. The largest absolute Gasteiger partial charge is 0.491 e. The number of hydrogen-bond donors (Lipinski definition) is 1. The highest BCUT2D eigenvalue weighted by Crippen LogP contribution is 2.22. The van der Waals surface area contributed by atoms with Crippen molar-refractivity contribution in [1.29, 1.82) is 0 Å². The Bertz CT molecular complexity index is 671. The molecule has 23 heavy (non-hydrogen) atoms. The molecule has 1 aromatic heterocycles. The van der Waals surface area contributed by atoms with Crippen LogP contribution in [-0.2, 0) is 19.5 Å². The number of amides is 2. The molecule has 1 N–H and O–H groups in total. The standard InChI is InChI=1S/C17H21N3O2S/c1-2-5-16-19-14(12-23-16)10-18-17(21)20-8-9-22-15-7-4-3-6-13(15)11-20/h3-4,6-7,12H,2,5,8-11H2,1H3,(H,18,21). The van der Waals surface area contributed by atoms with Crippen LogP contribution in [0.5, 0.6) is 5.75 Å². The number of para-hydroxylation sites is 1. The summed E-state index contributed by atoms with van der Waals surface area (Å²) in [5, 5.41) is 6.11. The van der Waals surface area contributed by atoms with Crippen LogP contribution in [0.2, 0.25) is 0 Å². The number of benzene rings is 1. The van der Waals surface area contributed by atoms with E-state index in [-0.39, 0.29) is 6.03 Å². The normalized spacial score (nSPS) is 13.9. The highest BCUT2D eigenvalue weighted by molar-refractivity contribution is 7.09.